The third kappa shape index (κ3) is 13.5. The minimum Gasteiger partial charge on any atom is -0.309 e. The van der Waals surface area contributed by atoms with Crippen LogP contribution >= 0.6 is 0 Å². The fourth-order valence-electron chi connectivity index (χ4n) is 20.4. The van der Waals surface area contributed by atoms with Gasteiger partial charge in [0.2, 0.25) is 0 Å². The van der Waals surface area contributed by atoms with E-state index in [1.54, 1.807) is 0 Å². The van der Waals surface area contributed by atoms with Gasteiger partial charge in [-0.25, -0.2) is 0 Å². The number of anilines is 9. The van der Waals surface area contributed by atoms with Crippen LogP contribution in [0.3, 0.4) is 0 Å². The van der Waals surface area contributed by atoms with Gasteiger partial charge in [-0.3, -0.25) is 0 Å². The normalized spacial score (nSPS) is 12.1. The molecule has 0 fully saturated rings. The Morgan fingerprint density at radius 1 is 0.159 bits per heavy atom. The maximum Gasteiger partial charge on any atom is 0.0529 e. The molecule has 0 aliphatic heterocycles. The highest BCUT2D eigenvalue weighted by Gasteiger charge is 2.43. The van der Waals surface area contributed by atoms with Crippen LogP contribution in [0.25, 0.3) is 21.9 Å². The Labute approximate surface area is 649 Å². The van der Waals surface area contributed by atoms with Crippen molar-refractivity contribution in [2.75, 3.05) is 14.7 Å². The molecule has 11 aromatic carbocycles. The number of hydrogen-bond acceptors (Lipinski definition) is 3. The summed E-state index contributed by atoms with van der Waals surface area (Å²) < 4.78 is 0. The van der Waals surface area contributed by atoms with Crippen LogP contribution < -0.4 is 14.7 Å². The van der Waals surface area contributed by atoms with Crippen molar-refractivity contribution in [1.29, 1.82) is 0 Å². The Bertz CT molecular complexity index is 5210. The van der Waals surface area contributed by atoms with Crippen LogP contribution in [0.5, 0.6) is 0 Å². The van der Waals surface area contributed by atoms with Gasteiger partial charge in [0.25, 0.3) is 0 Å². The van der Waals surface area contributed by atoms with Gasteiger partial charge in [-0.15, -0.1) is 0 Å². The lowest BCUT2D eigenvalue weighted by molar-refractivity contribution is 0.649. The van der Waals surface area contributed by atoms with Crippen LogP contribution in [-0.4, -0.2) is 0 Å². The van der Waals surface area contributed by atoms with Gasteiger partial charge in [-0.2, -0.15) is 0 Å². The van der Waals surface area contributed by atoms with Gasteiger partial charge in [0.15, 0.2) is 0 Å². The van der Waals surface area contributed by atoms with Crippen molar-refractivity contribution >= 4 is 62.0 Å². The first kappa shape index (κ1) is 80.6. The molecule has 0 atom stereocenters. The number of nitrogens with zero attached hydrogens (tertiary/aromatic N) is 3. The molecule has 0 spiro atoms. The average Bonchev–Trinajstić information content (AvgIpc) is 1.57. The molecule has 0 N–H and O–H groups in total. The zero-order chi connectivity index (χ0) is 79.7. The van der Waals surface area contributed by atoms with Crippen LogP contribution in [0, 0.1) is 256 Å². The first-order valence-electron chi connectivity index (χ1n) is 39.4. The molecule has 0 aromatic heterocycles. The fourth-order valence-corrected chi connectivity index (χ4v) is 20.4. The second-order valence-electron chi connectivity index (χ2n) is 34.3. The Hall–Kier alpha value is -8.92. The second-order valence-corrected chi connectivity index (χ2v) is 34.3. The fraction of sp³-hybridized carbons (Fsp3) is 0.385. The number of fused-ring (bicyclic) bond motifs is 4. The van der Waals surface area contributed by atoms with Crippen LogP contribution in [0.1, 0.15) is 231 Å². The predicted molar refractivity (Wildman–Crippen MR) is 474 cm³/mol. The highest BCUT2D eigenvalue weighted by Crippen LogP contribution is 2.60. The molecule has 0 bridgehead atoms. The molecule has 1 aliphatic rings. The highest BCUT2D eigenvalue weighted by molar-refractivity contribution is 6.03. The van der Waals surface area contributed by atoms with Gasteiger partial charge in [-0.05, 0) is 462 Å². The molecular weight excluding hydrogens is 1290 g/mol. The van der Waals surface area contributed by atoms with Crippen LogP contribution in [0.15, 0.2) is 72.8 Å². The van der Waals surface area contributed by atoms with Crippen LogP contribution in [0.4, 0.5) is 51.2 Å². The smallest absolute Gasteiger partial charge is 0.0529 e. The third-order valence-corrected chi connectivity index (χ3v) is 26.0. The molecule has 0 heterocycles. The van der Waals surface area contributed by atoms with Gasteiger partial charge >= 0.3 is 0 Å². The van der Waals surface area contributed by atoms with E-state index in [9.17, 15) is 0 Å². The van der Waals surface area contributed by atoms with Gasteiger partial charge in [-0.1, -0.05) is 120 Å². The van der Waals surface area contributed by atoms with Gasteiger partial charge in [0, 0.05) is 5.41 Å². The standard InChI is InChI=1S/C40H49N.C35H43N.C29H37N/c1-20-16-22(3)37(23(4)17-20)41(38-24(5)18-21(2)19-25(38)6)39-31(12)29(10)34-33-28(9)26(7)27(8)30(11)35(33)40(14,15)36(34)32(39)13;1-18-14-20(3)33(21(4)15-18)36(34-22(5)16-19(2)17-23(34)6)35-29(12)28(11)31-26(9)24(7)25(8)27(10)32(31)30(35)13;1-16-12-18(3)27(19(4)13-16)30(28-20(5)14-17(2)15-21(28)6)29-25(10)23(8)22(7)24(9)26(29)11/h16-19H,1-15H3;14-17H,1-13H3;12-15H,1-11H3. The van der Waals surface area contributed by atoms with Crippen molar-refractivity contribution in [3.8, 4) is 11.1 Å². The molecule has 0 radical (unpaired) electrons. The molecule has 3 nitrogen and oxygen atoms in total. The summed E-state index contributed by atoms with van der Waals surface area (Å²) in [5, 5.41) is 2.85. The molecule has 1 aliphatic carbocycles. The van der Waals surface area contributed by atoms with E-state index in [0.29, 0.717) is 0 Å². The van der Waals surface area contributed by atoms with E-state index in [1.165, 1.54) is 290 Å². The molecule has 0 amide bonds. The SMILES string of the molecule is Cc1cc(C)c(N(c2c(C)cc(C)cc2C)c2c(C)c(C)c(C)c(C)c2C)c(C)c1.Cc1cc(C)c(N(c2c(C)cc(C)cc2C)c2c(C)c(C)c3c(C)c(C)c(C)c(C)c3c2C)c(C)c1.Cc1cc(C)c(N(c2c(C)cc(C)cc2C)c2c(C)c(C)c3c(c2C)C(C)(C)c2c(C)c(C)c(C)c(C)c2-3)c(C)c1. The first-order chi connectivity index (χ1) is 49.7. The largest absolute Gasteiger partial charge is 0.309 e. The number of aryl methyl sites for hydroxylation is 22. The quantitative estimate of drug-likeness (QED) is 0.143. The molecule has 3 heteroatoms. The molecule has 0 saturated carbocycles. The first-order valence-corrected chi connectivity index (χ1v) is 39.4. The summed E-state index contributed by atoms with van der Waals surface area (Å²) in [5.41, 5.74) is 68.1. The second kappa shape index (κ2) is 29.6. The van der Waals surface area contributed by atoms with E-state index in [2.05, 4.69) is 358 Å². The maximum atomic E-state index is 2.63. The Kier molecular flexibility index (Phi) is 22.3. The molecular formula is C104H129N3. The monoisotopic (exact) mass is 1420 g/mol. The number of rotatable bonds is 9. The zero-order valence-electron chi connectivity index (χ0n) is 73.8. The van der Waals surface area contributed by atoms with E-state index >= 15 is 0 Å². The summed E-state index contributed by atoms with van der Waals surface area (Å²) in [7, 11) is 0. The topological polar surface area (TPSA) is 9.72 Å². The van der Waals surface area contributed by atoms with Crippen molar-refractivity contribution < 1.29 is 0 Å². The highest BCUT2D eigenvalue weighted by atomic mass is 15.2. The summed E-state index contributed by atoms with van der Waals surface area (Å²) in [5.74, 6) is 0. The molecule has 11 aromatic rings. The molecule has 0 saturated heterocycles. The Balaban J connectivity index is 0.000000174. The van der Waals surface area contributed by atoms with Crippen molar-refractivity contribution in [3.05, 3.63) is 290 Å². The maximum absolute atomic E-state index is 2.63. The molecule has 107 heavy (non-hydrogen) atoms. The van der Waals surface area contributed by atoms with E-state index < -0.39 is 0 Å². The number of benzene rings is 11. The van der Waals surface area contributed by atoms with Crippen molar-refractivity contribution in [3.63, 3.8) is 0 Å². The van der Waals surface area contributed by atoms with E-state index in [1.807, 2.05) is 0 Å². The lowest BCUT2D eigenvalue weighted by Crippen LogP contribution is -2.23. The van der Waals surface area contributed by atoms with Crippen molar-refractivity contribution in [1.82, 2.24) is 0 Å². The minimum atomic E-state index is -0.0876. The molecule has 12 rings (SSSR count). The van der Waals surface area contributed by atoms with E-state index in [4.69, 9.17) is 0 Å². The molecule has 0 unspecified atom stereocenters. The van der Waals surface area contributed by atoms with Crippen molar-refractivity contribution in [2.24, 2.45) is 0 Å². The zero-order valence-corrected chi connectivity index (χ0v) is 73.8. The Morgan fingerprint density at radius 3 is 0.589 bits per heavy atom. The third-order valence-electron chi connectivity index (χ3n) is 26.0. The summed E-state index contributed by atoms with van der Waals surface area (Å²) in [6.45, 7) is 89.2. The van der Waals surface area contributed by atoms with E-state index in [-0.39, 0.29) is 5.41 Å². The van der Waals surface area contributed by atoms with Crippen LogP contribution in [-0.2, 0) is 5.41 Å². The lowest BCUT2D eigenvalue weighted by Gasteiger charge is -2.37. The average molecular weight is 1420 g/mol. The summed E-state index contributed by atoms with van der Waals surface area (Å²) >= 11 is 0. The molecule has 560 valence electrons. The van der Waals surface area contributed by atoms with E-state index in [0.717, 1.165) is 0 Å². The summed E-state index contributed by atoms with van der Waals surface area (Å²) in [6.07, 6.45) is 0. The minimum absolute atomic E-state index is 0.0876. The Morgan fingerprint density at radius 2 is 0.318 bits per heavy atom. The van der Waals surface area contributed by atoms with Gasteiger partial charge in [0.05, 0.1) is 51.2 Å². The number of hydrogen-bond donors (Lipinski definition) is 0. The van der Waals surface area contributed by atoms with Gasteiger partial charge in [0.1, 0.15) is 0 Å². The summed E-state index contributed by atoms with van der Waals surface area (Å²) in [4.78, 5) is 7.77. The van der Waals surface area contributed by atoms with Crippen LogP contribution in [0.2, 0.25) is 0 Å². The van der Waals surface area contributed by atoms with Gasteiger partial charge < -0.3 is 14.7 Å². The predicted octanol–water partition coefficient (Wildman–Crippen LogP) is 30.3. The summed E-state index contributed by atoms with van der Waals surface area (Å²) in [6, 6.07) is 27.9. The van der Waals surface area contributed by atoms with Crippen molar-refractivity contribution in [2.45, 2.75) is 275 Å². The lowest BCUT2D eigenvalue weighted by atomic mass is 9.76.